The largest absolute Gasteiger partial charge is 0.444 e. The molecule has 5 nitrogen and oxygen atoms in total. The van der Waals surface area contributed by atoms with Crippen molar-refractivity contribution in [3.05, 3.63) is 0 Å². The summed E-state index contributed by atoms with van der Waals surface area (Å²) in [5.41, 5.74) is -1.18. The first kappa shape index (κ1) is 16.0. The minimum absolute atomic E-state index is 0.0233. The Kier molecular flexibility index (Phi) is 4.96. The summed E-state index contributed by atoms with van der Waals surface area (Å²) in [6.07, 6.45) is 2.57. The van der Waals surface area contributed by atoms with Gasteiger partial charge in [0.2, 0.25) is 0 Å². The third kappa shape index (κ3) is 4.49. The van der Waals surface area contributed by atoms with E-state index in [2.05, 4.69) is 0 Å². The second kappa shape index (κ2) is 5.90. The van der Waals surface area contributed by atoms with Crippen LogP contribution in [0, 0.1) is 0 Å². The van der Waals surface area contributed by atoms with Crippen LogP contribution in [0.4, 0.5) is 4.79 Å². The fourth-order valence-corrected chi connectivity index (χ4v) is 2.21. The Balaban J connectivity index is 2.72. The number of ether oxygens (including phenoxy) is 2. The van der Waals surface area contributed by atoms with Gasteiger partial charge in [0.1, 0.15) is 17.6 Å². The van der Waals surface area contributed by atoms with Gasteiger partial charge in [0.05, 0.1) is 12.6 Å². The summed E-state index contributed by atoms with van der Waals surface area (Å²) < 4.78 is 11.1. The van der Waals surface area contributed by atoms with E-state index in [1.165, 1.54) is 0 Å². The van der Waals surface area contributed by atoms with Crippen molar-refractivity contribution < 1.29 is 19.1 Å². The Morgan fingerprint density at radius 1 is 1.47 bits per heavy atom. The molecule has 0 N–H and O–H groups in total. The quantitative estimate of drug-likeness (QED) is 0.582. The monoisotopic (exact) mass is 271 g/mol. The third-order valence-corrected chi connectivity index (χ3v) is 3.02. The van der Waals surface area contributed by atoms with E-state index in [1.807, 2.05) is 34.6 Å². The highest BCUT2D eigenvalue weighted by atomic mass is 16.6. The zero-order valence-corrected chi connectivity index (χ0v) is 12.6. The average Bonchev–Trinajstić information content (AvgIpc) is 2.52. The van der Waals surface area contributed by atoms with Gasteiger partial charge < -0.3 is 14.3 Å². The Hall–Kier alpha value is -1.10. The summed E-state index contributed by atoms with van der Waals surface area (Å²) in [6, 6.07) is -0.0233. The topological polar surface area (TPSA) is 55.8 Å². The lowest BCUT2D eigenvalue weighted by molar-refractivity contribution is -0.107. The van der Waals surface area contributed by atoms with Gasteiger partial charge >= 0.3 is 6.09 Å². The molecule has 0 saturated carbocycles. The van der Waals surface area contributed by atoms with Crippen LogP contribution in [0.15, 0.2) is 0 Å². The van der Waals surface area contributed by atoms with Gasteiger partial charge in [-0.3, -0.25) is 4.90 Å². The van der Waals surface area contributed by atoms with Crippen LogP contribution in [0.3, 0.4) is 0 Å². The van der Waals surface area contributed by atoms with Gasteiger partial charge in [-0.05, 0) is 47.5 Å². The fourth-order valence-electron chi connectivity index (χ4n) is 2.21. The van der Waals surface area contributed by atoms with Gasteiger partial charge in [0.25, 0.3) is 0 Å². The SMILES string of the molecule is CC(C)(C)OC(=O)N1[C@H](CCCC=O)COC1(C)C. The first-order valence-corrected chi connectivity index (χ1v) is 6.77. The third-order valence-electron chi connectivity index (χ3n) is 3.02. The second-order valence-electron chi connectivity index (χ2n) is 6.36. The number of carbonyl (C=O) groups excluding carboxylic acids is 2. The number of rotatable bonds is 4. The fraction of sp³-hybridized carbons (Fsp3) is 0.857. The van der Waals surface area contributed by atoms with Gasteiger partial charge in [-0.1, -0.05) is 0 Å². The van der Waals surface area contributed by atoms with E-state index >= 15 is 0 Å². The Morgan fingerprint density at radius 2 is 2.11 bits per heavy atom. The number of amides is 1. The van der Waals surface area contributed by atoms with Gasteiger partial charge in [0, 0.05) is 6.42 Å². The molecule has 0 aliphatic carbocycles. The normalized spacial score (nSPS) is 22.4. The smallest absolute Gasteiger partial charge is 0.412 e. The Bertz CT molecular complexity index is 333. The summed E-state index contributed by atoms with van der Waals surface area (Å²) in [7, 11) is 0. The van der Waals surface area contributed by atoms with E-state index < -0.39 is 11.3 Å². The maximum Gasteiger partial charge on any atom is 0.412 e. The van der Waals surface area contributed by atoms with Gasteiger partial charge in [-0.15, -0.1) is 0 Å². The van der Waals surface area contributed by atoms with Gasteiger partial charge in [-0.25, -0.2) is 4.79 Å². The van der Waals surface area contributed by atoms with Crippen LogP contribution in [0.5, 0.6) is 0 Å². The number of carbonyl (C=O) groups is 2. The summed E-state index contributed by atoms with van der Waals surface area (Å²) in [5.74, 6) is 0. The van der Waals surface area contributed by atoms with Crippen molar-refractivity contribution in [1.29, 1.82) is 0 Å². The van der Waals surface area contributed by atoms with Crippen LogP contribution in [0.1, 0.15) is 53.9 Å². The highest BCUT2D eigenvalue weighted by molar-refractivity contribution is 5.69. The molecule has 19 heavy (non-hydrogen) atoms. The number of hydrogen-bond acceptors (Lipinski definition) is 4. The maximum absolute atomic E-state index is 12.3. The lowest BCUT2D eigenvalue weighted by atomic mass is 10.1. The van der Waals surface area contributed by atoms with Crippen LogP contribution in [-0.4, -0.2) is 41.3 Å². The predicted molar refractivity (Wildman–Crippen MR) is 71.8 cm³/mol. The molecule has 1 rings (SSSR count). The highest BCUT2D eigenvalue weighted by Crippen LogP contribution is 2.31. The molecule has 1 heterocycles. The zero-order valence-electron chi connectivity index (χ0n) is 12.6. The van der Waals surface area contributed by atoms with E-state index in [9.17, 15) is 9.59 Å². The molecule has 0 unspecified atom stereocenters. The Labute approximate surface area is 115 Å². The van der Waals surface area contributed by atoms with Crippen LogP contribution in [-0.2, 0) is 14.3 Å². The standard InChI is InChI=1S/C14H25NO4/c1-13(2,3)19-12(17)15-11(8-6-7-9-16)10-18-14(15,4)5/h9,11H,6-8,10H2,1-5H3/t11-/m1/s1. The molecule has 0 spiro atoms. The lowest BCUT2D eigenvalue weighted by Crippen LogP contribution is -2.49. The highest BCUT2D eigenvalue weighted by Gasteiger charge is 2.45. The van der Waals surface area contributed by atoms with Crippen molar-refractivity contribution in [1.82, 2.24) is 4.90 Å². The molecule has 1 aliphatic heterocycles. The van der Waals surface area contributed by atoms with Crippen LogP contribution < -0.4 is 0 Å². The molecule has 5 heteroatoms. The molecule has 1 aliphatic rings. The summed E-state index contributed by atoms with van der Waals surface area (Å²) in [4.78, 5) is 24.3. The summed E-state index contributed by atoms with van der Waals surface area (Å²) >= 11 is 0. The number of hydrogen-bond donors (Lipinski definition) is 0. The van der Waals surface area contributed by atoms with Gasteiger partial charge in [0.15, 0.2) is 0 Å². The minimum Gasteiger partial charge on any atom is -0.444 e. The van der Waals surface area contributed by atoms with Crippen molar-refractivity contribution in [2.45, 2.75) is 71.2 Å². The summed E-state index contributed by atoms with van der Waals surface area (Å²) in [6.45, 7) is 9.74. The molecule has 0 bridgehead atoms. The summed E-state index contributed by atoms with van der Waals surface area (Å²) in [5, 5.41) is 0. The number of nitrogens with zero attached hydrogens (tertiary/aromatic N) is 1. The van der Waals surface area contributed by atoms with Crippen molar-refractivity contribution in [3.63, 3.8) is 0 Å². The molecule has 0 aromatic carbocycles. The van der Waals surface area contributed by atoms with Crippen molar-refractivity contribution in [3.8, 4) is 0 Å². The Morgan fingerprint density at radius 3 is 2.63 bits per heavy atom. The lowest BCUT2D eigenvalue weighted by Gasteiger charge is -2.35. The number of aldehydes is 1. The van der Waals surface area contributed by atoms with Crippen LogP contribution in [0.25, 0.3) is 0 Å². The molecular weight excluding hydrogens is 246 g/mol. The molecular formula is C14H25NO4. The van der Waals surface area contributed by atoms with E-state index in [0.717, 1.165) is 19.1 Å². The molecule has 1 amide bonds. The van der Waals surface area contributed by atoms with Crippen molar-refractivity contribution in [2.24, 2.45) is 0 Å². The van der Waals surface area contributed by atoms with Gasteiger partial charge in [-0.2, -0.15) is 0 Å². The van der Waals surface area contributed by atoms with E-state index in [-0.39, 0.29) is 12.1 Å². The van der Waals surface area contributed by atoms with Crippen LogP contribution >= 0.6 is 0 Å². The maximum atomic E-state index is 12.3. The number of unbranched alkanes of at least 4 members (excludes halogenated alkanes) is 1. The molecule has 110 valence electrons. The minimum atomic E-state index is -0.659. The zero-order chi connectivity index (χ0) is 14.7. The van der Waals surface area contributed by atoms with Crippen molar-refractivity contribution in [2.75, 3.05) is 6.61 Å². The molecule has 1 atom stereocenters. The first-order valence-electron chi connectivity index (χ1n) is 6.77. The predicted octanol–water partition coefficient (Wildman–Crippen LogP) is 2.73. The van der Waals surface area contributed by atoms with Crippen LogP contribution in [0.2, 0.25) is 0 Å². The second-order valence-corrected chi connectivity index (χ2v) is 6.36. The molecule has 0 aromatic heterocycles. The molecule has 0 aromatic rings. The molecule has 0 radical (unpaired) electrons. The van der Waals surface area contributed by atoms with E-state index in [1.54, 1.807) is 4.90 Å². The molecule has 1 fully saturated rings. The van der Waals surface area contributed by atoms with E-state index in [4.69, 9.17) is 9.47 Å². The van der Waals surface area contributed by atoms with Crippen molar-refractivity contribution >= 4 is 12.4 Å². The first-order chi connectivity index (χ1) is 8.67. The van der Waals surface area contributed by atoms with E-state index in [0.29, 0.717) is 13.0 Å². The average molecular weight is 271 g/mol. The molecule has 1 saturated heterocycles.